The molecular formula is C13H17N5. The molecule has 18 heavy (non-hydrogen) atoms. The van der Waals surface area contributed by atoms with E-state index in [1.807, 2.05) is 31.2 Å². The maximum Gasteiger partial charge on any atom is 0.239 e. The summed E-state index contributed by atoms with van der Waals surface area (Å²) in [4.78, 5) is 8.40. The van der Waals surface area contributed by atoms with Crippen LogP contribution in [-0.4, -0.2) is 9.97 Å². The topological polar surface area (TPSA) is 75.9 Å². The number of nitrogens with zero attached hydrogens (tertiary/aromatic N) is 2. The lowest BCUT2D eigenvalue weighted by Gasteiger charge is -2.15. The number of nitrogens with one attached hydrogen (secondary N) is 2. The van der Waals surface area contributed by atoms with E-state index in [2.05, 4.69) is 39.8 Å². The first kappa shape index (κ1) is 12.3. The van der Waals surface area contributed by atoms with Crippen LogP contribution < -0.4 is 16.6 Å². The van der Waals surface area contributed by atoms with E-state index in [1.54, 1.807) is 0 Å². The molecule has 5 heteroatoms. The van der Waals surface area contributed by atoms with Crippen LogP contribution in [0.3, 0.4) is 0 Å². The fourth-order valence-corrected chi connectivity index (χ4v) is 1.75. The Morgan fingerprint density at radius 1 is 1.17 bits per heavy atom. The SMILES string of the molecule is Cc1cc(NC(C)c2ccccc2)nc(NN)n1. The van der Waals surface area contributed by atoms with Crippen molar-refractivity contribution in [3.05, 3.63) is 47.7 Å². The zero-order chi connectivity index (χ0) is 13.0. The quantitative estimate of drug-likeness (QED) is 0.567. The third kappa shape index (κ3) is 2.95. The Morgan fingerprint density at radius 2 is 1.89 bits per heavy atom. The molecule has 0 aliphatic rings. The average Bonchev–Trinajstić information content (AvgIpc) is 2.39. The lowest BCUT2D eigenvalue weighted by atomic mass is 10.1. The highest BCUT2D eigenvalue weighted by Crippen LogP contribution is 2.18. The third-order valence-electron chi connectivity index (χ3n) is 2.65. The standard InChI is InChI=1S/C13H17N5/c1-9-8-12(17-13(15-9)18-14)16-10(2)11-6-4-3-5-7-11/h3-8,10H,14H2,1-2H3,(H2,15,16,17,18). The van der Waals surface area contributed by atoms with Gasteiger partial charge in [-0.2, -0.15) is 4.98 Å². The van der Waals surface area contributed by atoms with Crippen molar-refractivity contribution >= 4 is 11.8 Å². The van der Waals surface area contributed by atoms with Crippen molar-refractivity contribution < 1.29 is 0 Å². The summed E-state index contributed by atoms with van der Waals surface area (Å²) < 4.78 is 0. The van der Waals surface area contributed by atoms with E-state index in [1.165, 1.54) is 5.56 Å². The predicted molar refractivity (Wildman–Crippen MR) is 73.1 cm³/mol. The Balaban J connectivity index is 2.16. The van der Waals surface area contributed by atoms with Crippen LogP contribution >= 0.6 is 0 Å². The molecule has 0 radical (unpaired) electrons. The van der Waals surface area contributed by atoms with E-state index >= 15 is 0 Å². The lowest BCUT2D eigenvalue weighted by molar-refractivity contribution is 0.870. The van der Waals surface area contributed by atoms with Gasteiger partial charge in [0.2, 0.25) is 5.95 Å². The van der Waals surface area contributed by atoms with Crippen LogP contribution in [-0.2, 0) is 0 Å². The van der Waals surface area contributed by atoms with Crippen molar-refractivity contribution in [1.82, 2.24) is 9.97 Å². The summed E-state index contributed by atoms with van der Waals surface area (Å²) in [6.07, 6.45) is 0. The van der Waals surface area contributed by atoms with E-state index in [0.717, 1.165) is 11.5 Å². The number of aromatic nitrogens is 2. The van der Waals surface area contributed by atoms with E-state index in [9.17, 15) is 0 Å². The minimum atomic E-state index is 0.172. The van der Waals surface area contributed by atoms with Gasteiger partial charge in [-0.05, 0) is 19.4 Å². The maximum atomic E-state index is 5.33. The van der Waals surface area contributed by atoms with Gasteiger partial charge in [0, 0.05) is 17.8 Å². The van der Waals surface area contributed by atoms with Crippen molar-refractivity contribution in [2.24, 2.45) is 5.84 Å². The van der Waals surface area contributed by atoms with Gasteiger partial charge in [0.15, 0.2) is 0 Å². The molecule has 0 spiro atoms. The molecule has 1 aromatic carbocycles. The number of anilines is 2. The third-order valence-corrected chi connectivity index (χ3v) is 2.65. The number of benzene rings is 1. The van der Waals surface area contributed by atoms with Gasteiger partial charge >= 0.3 is 0 Å². The van der Waals surface area contributed by atoms with Crippen molar-refractivity contribution in [2.45, 2.75) is 19.9 Å². The monoisotopic (exact) mass is 243 g/mol. The van der Waals surface area contributed by atoms with Gasteiger partial charge < -0.3 is 5.32 Å². The first-order chi connectivity index (χ1) is 8.69. The minimum Gasteiger partial charge on any atom is -0.363 e. The van der Waals surface area contributed by atoms with Crippen molar-refractivity contribution in [3.8, 4) is 0 Å². The molecule has 0 saturated heterocycles. The predicted octanol–water partition coefficient (Wildman–Crippen LogP) is 2.24. The molecule has 94 valence electrons. The van der Waals surface area contributed by atoms with Crippen LogP contribution in [0.4, 0.5) is 11.8 Å². The van der Waals surface area contributed by atoms with Crippen LogP contribution in [0.1, 0.15) is 24.2 Å². The first-order valence-electron chi connectivity index (χ1n) is 5.83. The van der Waals surface area contributed by atoms with E-state index in [0.29, 0.717) is 5.95 Å². The fraction of sp³-hybridized carbons (Fsp3) is 0.231. The molecule has 1 atom stereocenters. The Bertz CT molecular complexity index is 512. The molecule has 2 rings (SSSR count). The lowest BCUT2D eigenvalue weighted by Crippen LogP contribution is -2.14. The second-order valence-corrected chi connectivity index (χ2v) is 4.14. The van der Waals surface area contributed by atoms with E-state index in [4.69, 9.17) is 5.84 Å². The van der Waals surface area contributed by atoms with Crippen molar-refractivity contribution in [2.75, 3.05) is 10.7 Å². The summed E-state index contributed by atoms with van der Waals surface area (Å²) in [7, 11) is 0. The highest BCUT2D eigenvalue weighted by atomic mass is 15.3. The highest BCUT2D eigenvalue weighted by Gasteiger charge is 2.07. The van der Waals surface area contributed by atoms with E-state index in [-0.39, 0.29) is 6.04 Å². The molecule has 0 bridgehead atoms. The number of hydrogen-bond donors (Lipinski definition) is 3. The van der Waals surface area contributed by atoms with E-state index < -0.39 is 0 Å². The molecule has 5 nitrogen and oxygen atoms in total. The Kier molecular flexibility index (Phi) is 3.74. The van der Waals surface area contributed by atoms with Gasteiger partial charge in [-0.3, -0.25) is 5.43 Å². The number of nitrogen functional groups attached to an aromatic ring is 1. The number of hydrazine groups is 1. The summed E-state index contributed by atoms with van der Waals surface area (Å²) in [6, 6.07) is 12.3. The number of hydrogen-bond acceptors (Lipinski definition) is 5. The van der Waals surface area contributed by atoms with Crippen LogP contribution in [0.15, 0.2) is 36.4 Å². The normalized spacial score (nSPS) is 11.9. The zero-order valence-electron chi connectivity index (χ0n) is 10.5. The van der Waals surface area contributed by atoms with Gasteiger partial charge in [-0.15, -0.1) is 0 Å². The molecule has 2 aromatic rings. The number of nitrogens with two attached hydrogens (primary N) is 1. The molecule has 1 heterocycles. The molecule has 0 fully saturated rings. The van der Waals surface area contributed by atoms with Gasteiger partial charge in [-0.25, -0.2) is 10.8 Å². The Hall–Kier alpha value is -2.14. The fourth-order valence-electron chi connectivity index (χ4n) is 1.75. The summed E-state index contributed by atoms with van der Waals surface area (Å²) in [6.45, 7) is 3.99. The van der Waals surface area contributed by atoms with Crippen LogP contribution in [0.2, 0.25) is 0 Å². The van der Waals surface area contributed by atoms with Gasteiger partial charge in [0.1, 0.15) is 5.82 Å². The van der Waals surface area contributed by atoms with Gasteiger partial charge in [-0.1, -0.05) is 30.3 Å². The molecule has 0 amide bonds. The summed E-state index contributed by atoms with van der Waals surface area (Å²) in [5.74, 6) is 6.50. The average molecular weight is 243 g/mol. The summed E-state index contributed by atoms with van der Waals surface area (Å²) in [5.41, 5.74) is 4.53. The van der Waals surface area contributed by atoms with Gasteiger partial charge in [0.25, 0.3) is 0 Å². The number of aryl methyl sites for hydroxylation is 1. The van der Waals surface area contributed by atoms with Crippen molar-refractivity contribution in [1.29, 1.82) is 0 Å². The Morgan fingerprint density at radius 3 is 2.56 bits per heavy atom. The van der Waals surface area contributed by atoms with Gasteiger partial charge in [0.05, 0.1) is 0 Å². The Labute approximate surface area is 106 Å². The molecule has 1 unspecified atom stereocenters. The molecule has 0 saturated carbocycles. The largest absolute Gasteiger partial charge is 0.363 e. The molecule has 4 N–H and O–H groups in total. The zero-order valence-corrected chi connectivity index (χ0v) is 10.5. The molecular weight excluding hydrogens is 226 g/mol. The van der Waals surface area contributed by atoms with Crippen LogP contribution in [0.5, 0.6) is 0 Å². The maximum absolute atomic E-state index is 5.33. The van der Waals surface area contributed by atoms with Crippen molar-refractivity contribution in [3.63, 3.8) is 0 Å². The first-order valence-corrected chi connectivity index (χ1v) is 5.83. The summed E-state index contributed by atoms with van der Waals surface area (Å²) >= 11 is 0. The minimum absolute atomic E-state index is 0.172. The second kappa shape index (κ2) is 5.46. The molecule has 1 aromatic heterocycles. The highest BCUT2D eigenvalue weighted by molar-refractivity contribution is 5.43. The second-order valence-electron chi connectivity index (χ2n) is 4.14. The number of rotatable bonds is 4. The smallest absolute Gasteiger partial charge is 0.239 e. The molecule has 0 aliphatic carbocycles. The van der Waals surface area contributed by atoms with Crippen LogP contribution in [0, 0.1) is 6.92 Å². The summed E-state index contributed by atoms with van der Waals surface area (Å²) in [5, 5.41) is 3.33. The molecule has 0 aliphatic heterocycles. The van der Waals surface area contributed by atoms with Crippen LogP contribution in [0.25, 0.3) is 0 Å².